The van der Waals surface area contributed by atoms with E-state index in [1.165, 1.54) is 24.0 Å². The standard InChI is InChI=1S/C17H25N3/c1-17(14-18,19-2)10-6-12-20-11-5-9-15-7-3-4-8-16(15)13-20/h3-4,7-8,19H,5-6,9-13H2,1-2H3. The Morgan fingerprint density at radius 2 is 2.10 bits per heavy atom. The van der Waals surface area contributed by atoms with Crippen molar-refractivity contribution in [3.63, 3.8) is 0 Å². The molecule has 108 valence electrons. The first-order valence-corrected chi connectivity index (χ1v) is 7.56. The molecule has 0 saturated heterocycles. The van der Waals surface area contributed by atoms with E-state index in [1.807, 2.05) is 14.0 Å². The van der Waals surface area contributed by atoms with Crippen LogP contribution in [0, 0.1) is 11.3 Å². The molecule has 0 spiro atoms. The van der Waals surface area contributed by atoms with Gasteiger partial charge in [0.15, 0.2) is 0 Å². The van der Waals surface area contributed by atoms with Crippen molar-refractivity contribution in [2.24, 2.45) is 0 Å². The molecule has 0 radical (unpaired) electrons. The van der Waals surface area contributed by atoms with Gasteiger partial charge in [-0.3, -0.25) is 4.90 Å². The Bertz CT molecular complexity index is 477. The van der Waals surface area contributed by atoms with Crippen LogP contribution < -0.4 is 5.32 Å². The van der Waals surface area contributed by atoms with E-state index in [4.69, 9.17) is 0 Å². The third-order valence-corrected chi connectivity index (χ3v) is 4.38. The third kappa shape index (κ3) is 3.82. The molecule has 0 fully saturated rings. The number of nitrogens with zero attached hydrogens (tertiary/aromatic N) is 2. The van der Waals surface area contributed by atoms with Gasteiger partial charge < -0.3 is 5.32 Å². The van der Waals surface area contributed by atoms with E-state index >= 15 is 0 Å². The van der Waals surface area contributed by atoms with E-state index in [2.05, 4.69) is 40.6 Å². The summed E-state index contributed by atoms with van der Waals surface area (Å²) in [7, 11) is 1.87. The van der Waals surface area contributed by atoms with E-state index in [1.54, 1.807) is 0 Å². The van der Waals surface area contributed by atoms with Gasteiger partial charge in [-0.25, -0.2) is 0 Å². The topological polar surface area (TPSA) is 39.1 Å². The fourth-order valence-electron chi connectivity index (χ4n) is 2.85. The van der Waals surface area contributed by atoms with Crippen molar-refractivity contribution in [3.8, 4) is 6.07 Å². The molecule has 1 unspecified atom stereocenters. The molecule has 1 aromatic carbocycles. The van der Waals surface area contributed by atoms with Crippen LogP contribution in [-0.4, -0.2) is 30.6 Å². The van der Waals surface area contributed by atoms with Crippen LogP contribution >= 0.6 is 0 Å². The Labute approximate surface area is 122 Å². The minimum absolute atomic E-state index is 0.385. The van der Waals surface area contributed by atoms with Crippen molar-refractivity contribution >= 4 is 0 Å². The molecule has 0 saturated carbocycles. The zero-order chi connectivity index (χ0) is 14.4. The van der Waals surface area contributed by atoms with Crippen LogP contribution in [0.25, 0.3) is 0 Å². The normalized spacial score (nSPS) is 18.6. The number of nitrogens with one attached hydrogen (secondary N) is 1. The molecule has 1 aliphatic rings. The molecule has 1 aromatic rings. The molecular weight excluding hydrogens is 246 g/mol. The molecule has 20 heavy (non-hydrogen) atoms. The quantitative estimate of drug-likeness (QED) is 0.895. The van der Waals surface area contributed by atoms with Crippen molar-refractivity contribution in [1.29, 1.82) is 5.26 Å². The summed E-state index contributed by atoms with van der Waals surface area (Å²) in [6.45, 7) is 5.27. The van der Waals surface area contributed by atoms with Crippen LogP contribution in [0.5, 0.6) is 0 Å². The minimum atomic E-state index is -0.385. The fraction of sp³-hybridized carbons (Fsp3) is 0.588. The summed E-state index contributed by atoms with van der Waals surface area (Å²) in [5.41, 5.74) is 2.60. The summed E-state index contributed by atoms with van der Waals surface area (Å²) < 4.78 is 0. The first-order chi connectivity index (χ1) is 9.67. The Kier molecular flexibility index (Phi) is 5.17. The lowest BCUT2D eigenvalue weighted by atomic mass is 9.98. The maximum absolute atomic E-state index is 9.17. The summed E-state index contributed by atoms with van der Waals surface area (Å²) >= 11 is 0. The highest BCUT2D eigenvalue weighted by Crippen LogP contribution is 2.19. The second-order valence-electron chi connectivity index (χ2n) is 5.95. The Morgan fingerprint density at radius 3 is 2.80 bits per heavy atom. The van der Waals surface area contributed by atoms with Crippen molar-refractivity contribution in [2.45, 2.75) is 44.7 Å². The highest BCUT2D eigenvalue weighted by atomic mass is 15.1. The zero-order valence-corrected chi connectivity index (χ0v) is 12.7. The van der Waals surface area contributed by atoms with Gasteiger partial charge in [0, 0.05) is 6.54 Å². The van der Waals surface area contributed by atoms with Gasteiger partial charge in [-0.15, -0.1) is 0 Å². The van der Waals surface area contributed by atoms with Gasteiger partial charge >= 0.3 is 0 Å². The SMILES string of the molecule is CNC(C)(C#N)CCCN1CCCc2ccccc2C1. The lowest BCUT2D eigenvalue weighted by Crippen LogP contribution is -2.38. The maximum Gasteiger partial charge on any atom is 0.103 e. The molecule has 3 nitrogen and oxygen atoms in total. The van der Waals surface area contributed by atoms with Crippen LogP contribution in [0.3, 0.4) is 0 Å². The maximum atomic E-state index is 9.17. The number of rotatable bonds is 5. The average molecular weight is 271 g/mol. The highest BCUT2D eigenvalue weighted by Gasteiger charge is 2.21. The monoisotopic (exact) mass is 271 g/mol. The van der Waals surface area contributed by atoms with E-state index in [0.717, 1.165) is 32.5 Å². The molecule has 0 aromatic heterocycles. The molecule has 2 rings (SSSR count). The molecule has 0 aliphatic carbocycles. The van der Waals surface area contributed by atoms with E-state index < -0.39 is 0 Å². The van der Waals surface area contributed by atoms with Crippen LogP contribution in [-0.2, 0) is 13.0 Å². The molecule has 1 atom stereocenters. The summed E-state index contributed by atoms with van der Waals surface area (Å²) in [4.78, 5) is 2.53. The molecule has 0 bridgehead atoms. The summed E-state index contributed by atoms with van der Waals surface area (Å²) in [5.74, 6) is 0. The number of hydrogen-bond donors (Lipinski definition) is 1. The molecule has 1 aliphatic heterocycles. The van der Waals surface area contributed by atoms with Gasteiger partial charge in [0.1, 0.15) is 5.54 Å². The first kappa shape index (κ1) is 15.0. The Morgan fingerprint density at radius 1 is 1.35 bits per heavy atom. The molecule has 3 heteroatoms. The molecular formula is C17H25N3. The molecule has 1 heterocycles. The van der Waals surface area contributed by atoms with Crippen molar-refractivity contribution in [1.82, 2.24) is 10.2 Å². The number of benzene rings is 1. The van der Waals surface area contributed by atoms with Crippen molar-refractivity contribution in [2.75, 3.05) is 20.1 Å². The summed E-state index contributed by atoms with van der Waals surface area (Å²) in [6, 6.07) is 11.1. The predicted molar refractivity (Wildman–Crippen MR) is 82.4 cm³/mol. The first-order valence-electron chi connectivity index (χ1n) is 7.56. The summed E-state index contributed by atoms with van der Waals surface area (Å²) in [5, 5.41) is 12.3. The van der Waals surface area contributed by atoms with Gasteiger partial charge in [0.05, 0.1) is 6.07 Å². The second kappa shape index (κ2) is 6.88. The van der Waals surface area contributed by atoms with Gasteiger partial charge in [0.2, 0.25) is 0 Å². The molecule has 0 amide bonds. The van der Waals surface area contributed by atoms with Crippen molar-refractivity contribution < 1.29 is 0 Å². The van der Waals surface area contributed by atoms with Gasteiger partial charge in [-0.1, -0.05) is 24.3 Å². The van der Waals surface area contributed by atoms with Crippen molar-refractivity contribution in [3.05, 3.63) is 35.4 Å². The lowest BCUT2D eigenvalue weighted by Gasteiger charge is -2.24. The van der Waals surface area contributed by atoms with Crippen LogP contribution in [0.15, 0.2) is 24.3 Å². The third-order valence-electron chi connectivity index (χ3n) is 4.38. The highest BCUT2D eigenvalue weighted by molar-refractivity contribution is 5.27. The van der Waals surface area contributed by atoms with E-state index in [-0.39, 0.29) is 5.54 Å². The van der Waals surface area contributed by atoms with Crippen LogP contribution in [0.2, 0.25) is 0 Å². The number of nitriles is 1. The minimum Gasteiger partial charge on any atom is -0.303 e. The smallest absolute Gasteiger partial charge is 0.103 e. The number of aryl methyl sites for hydroxylation is 1. The zero-order valence-electron chi connectivity index (χ0n) is 12.7. The van der Waals surface area contributed by atoms with Gasteiger partial charge in [0.25, 0.3) is 0 Å². The van der Waals surface area contributed by atoms with Gasteiger partial charge in [-0.05, 0) is 63.9 Å². The Balaban J connectivity index is 1.87. The van der Waals surface area contributed by atoms with E-state index in [0.29, 0.717) is 0 Å². The lowest BCUT2D eigenvalue weighted by molar-refractivity contribution is 0.254. The van der Waals surface area contributed by atoms with Crippen LogP contribution in [0.1, 0.15) is 37.3 Å². The van der Waals surface area contributed by atoms with Gasteiger partial charge in [-0.2, -0.15) is 5.26 Å². The van der Waals surface area contributed by atoms with Crippen LogP contribution in [0.4, 0.5) is 0 Å². The average Bonchev–Trinajstić information content (AvgIpc) is 2.68. The largest absolute Gasteiger partial charge is 0.303 e. The predicted octanol–water partition coefficient (Wildman–Crippen LogP) is 2.72. The molecule has 1 N–H and O–H groups in total. The fourth-order valence-corrected chi connectivity index (χ4v) is 2.85. The number of hydrogen-bond acceptors (Lipinski definition) is 3. The van der Waals surface area contributed by atoms with E-state index in [9.17, 15) is 5.26 Å². The number of fused-ring (bicyclic) bond motifs is 1. The Hall–Kier alpha value is -1.37. The summed E-state index contributed by atoms with van der Waals surface area (Å²) in [6.07, 6.45) is 4.39. The second-order valence-corrected chi connectivity index (χ2v) is 5.95.